The zero-order valence-electron chi connectivity index (χ0n) is 19.0. The van der Waals surface area contributed by atoms with Crippen LogP contribution in [0.4, 0.5) is 5.69 Å². The Morgan fingerprint density at radius 3 is 2.79 bits per heavy atom. The Morgan fingerprint density at radius 2 is 2.09 bits per heavy atom. The first-order valence-corrected chi connectivity index (χ1v) is 11.8. The molecule has 5 rings (SSSR count). The Bertz CT molecular complexity index is 1090. The third-order valence-electron chi connectivity index (χ3n) is 6.68. The maximum absolute atomic E-state index is 13.2. The number of hydrogen-bond acceptors (Lipinski definition) is 7. The molecule has 4 aliphatic rings. The number of carbonyl (C=O) groups excluding carboxylic acids is 3. The summed E-state index contributed by atoms with van der Waals surface area (Å²) in [5, 5.41) is 16.9. The first-order chi connectivity index (χ1) is 16.4. The SMILES string of the molecule is CC1CN(CNC(=O)C2CCCO2)C(=O)C2=CC(c3ccc(C#N)cc3NC(=O)C3CC3)NN21. The Kier molecular flexibility index (Phi) is 5.98. The molecule has 0 bridgehead atoms. The van der Waals surface area contributed by atoms with Crippen LogP contribution in [0.5, 0.6) is 0 Å². The van der Waals surface area contributed by atoms with Gasteiger partial charge in [0.25, 0.3) is 11.8 Å². The molecule has 3 amide bonds. The van der Waals surface area contributed by atoms with Gasteiger partial charge in [0.15, 0.2) is 0 Å². The number of amides is 3. The first-order valence-electron chi connectivity index (χ1n) is 11.8. The van der Waals surface area contributed by atoms with Crippen LogP contribution in [0.25, 0.3) is 0 Å². The second-order valence-corrected chi connectivity index (χ2v) is 9.28. The summed E-state index contributed by atoms with van der Waals surface area (Å²) in [7, 11) is 0. The molecular formula is C24H28N6O4. The first kappa shape index (κ1) is 22.4. The molecule has 178 valence electrons. The highest BCUT2D eigenvalue weighted by atomic mass is 16.5. The molecule has 3 heterocycles. The van der Waals surface area contributed by atoms with Crippen LogP contribution in [-0.2, 0) is 19.1 Å². The summed E-state index contributed by atoms with van der Waals surface area (Å²) in [5.74, 6) is -0.388. The monoisotopic (exact) mass is 464 g/mol. The number of fused-ring (bicyclic) bond motifs is 1. The molecule has 10 nitrogen and oxygen atoms in total. The van der Waals surface area contributed by atoms with Gasteiger partial charge in [-0.05, 0) is 56.4 Å². The second kappa shape index (κ2) is 9.08. The molecule has 10 heteroatoms. The van der Waals surface area contributed by atoms with Gasteiger partial charge in [-0.25, -0.2) is 5.43 Å². The predicted octanol–water partition coefficient (Wildman–Crippen LogP) is 1.14. The summed E-state index contributed by atoms with van der Waals surface area (Å²) in [6.45, 7) is 3.15. The van der Waals surface area contributed by atoms with Crippen molar-refractivity contribution in [1.82, 2.24) is 20.7 Å². The fraction of sp³-hybridized carbons (Fsp3) is 0.500. The molecule has 1 saturated carbocycles. The molecule has 3 N–H and O–H groups in total. The largest absolute Gasteiger partial charge is 0.368 e. The van der Waals surface area contributed by atoms with Gasteiger partial charge in [-0.15, -0.1) is 0 Å². The van der Waals surface area contributed by atoms with Crippen LogP contribution in [0.15, 0.2) is 30.0 Å². The van der Waals surface area contributed by atoms with E-state index in [4.69, 9.17) is 4.74 Å². The second-order valence-electron chi connectivity index (χ2n) is 9.28. The van der Waals surface area contributed by atoms with Crippen LogP contribution in [0, 0.1) is 17.2 Å². The third-order valence-corrected chi connectivity index (χ3v) is 6.68. The van der Waals surface area contributed by atoms with Crippen molar-refractivity contribution in [2.75, 3.05) is 25.1 Å². The quantitative estimate of drug-likeness (QED) is 0.576. The molecule has 0 radical (unpaired) electrons. The third kappa shape index (κ3) is 4.36. The highest BCUT2D eigenvalue weighted by Gasteiger charge is 2.40. The van der Waals surface area contributed by atoms with E-state index in [1.165, 1.54) is 0 Å². The van der Waals surface area contributed by atoms with Crippen LogP contribution in [-0.4, -0.2) is 59.6 Å². The van der Waals surface area contributed by atoms with Gasteiger partial charge in [0, 0.05) is 24.8 Å². The number of carbonyl (C=O) groups is 3. The Morgan fingerprint density at radius 1 is 1.26 bits per heavy atom. The molecule has 2 saturated heterocycles. The number of rotatable bonds is 6. The van der Waals surface area contributed by atoms with E-state index in [2.05, 4.69) is 22.1 Å². The summed E-state index contributed by atoms with van der Waals surface area (Å²) < 4.78 is 5.41. The molecule has 1 aromatic carbocycles. The molecule has 3 atom stereocenters. The number of piperazine rings is 1. The smallest absolute Gasteiger partial charge is 0.272 e. The van der Waals surface area contributed by atoms with E-state index in [1.54, 1.807) is 17.0 Å². The van der Waals surface area contributed by atoms with Crippen molar-refractivity contribution in [3.8, 4) is 6.07 Å². The Labute approximate surface area is 197 Å². The van der Waals surface area contributed by atoms with Crippen molar-refractivity contribution in [3.63, 3.8) is 0 Å². The molecule has 0 spiro atoms. The van der Waals surface area contributed by atoms with Crippen LogP contribution in [0.1, 0.15) is 49.8 Å². The summed E-state index contributed by atoms with van der Waals surface area (Å²) in [6.07, 6.45) is 4.72. The van der Waals surface area contributed by atoms with Gasteiger partial charge < -0.3 is 20.3 Å². The maximum Gasteiger partial charge on any atom is 0.272 e. The molecule has 3 fully saturated rings. The van der Waals surface area contributed by atoms with E-state index < -0.39 is 6.10 Å². The molecule has 0 aromatic heterocycles. The molecule has 3 unspecified atom stereocenters. The minimum absolute atomic E-state index is 0.0276. The average molecular weight is 465 g/mol. The van der Waals surface area contributed by atoms with Crippen LogP contribution in [0.2, 0.25) is 0 Å². The van der Waals surface area contributed by atoms with Crippen LogP contribution in [0.3, 0.4) is 0 Å². The number of anilines is 1. The van der Waals surface area contributed by atoms with Gasteiger partial charge in [0.2, 0.25) is 5.91 Å². The van der Waals surface area contributed by atoms with Gasteiger partial charge in [0.1, 0.15) is 11.8 Å². The number of nitriles is 1. The maximum atomic E-state index is 13.2. The van der Waals surface area contributed by atoms with Gasteiger partial charge in [-0.2, -0.15) is 5.26 Å². The fourth-order valence-corrected chi connectivity index (χ4v) is 4.63. The van der Waals surface area contributed by atoms with Crippen LogP contribution < -0.4 is 16.1 Å². The summed E-state index contributed by atoms with van der Waals surface area (Å²) in [4.78, 5) is 39.5. The number of ether oxygens (including phenoxy) is 1. The fourth-order valence-electron chi connectivity index (χ4n) is 4.63. The zero-order valence-corrected chi connectivity index (χ0v) is 19.0. The number of nitrogens with zero attached hydrogens (tertiary/aromatic N) is 3. The van der Waals surface area contributed by atoms with Gasteiger partial charge in [0.05, 0.1) is 30.4 Å². The highest BCUT2D eigenvalue weighted by molar-refractivity contribution is 5.96. The summed E-state index contributed by atoms with van der Waals surface area (Å²) in [5.41, 5.74) is 5.68. The van der Waals surface area contributed by atoms with Crippen molar-refractivity contribution < 1.29 is 19.1 Å². The van der Waals surface area contributed by atoms with E-state index in [1.807, 2.05) is 24.1 Å². The Hall–Kier alpha value is -3.42. The number of hydrogen-bond donors (Lipinski definition) is 3. The summed E-state index contributed by atoms with van der Waals surface area (Å²) >= 11 is 0. The average Bonchev–Trinajstić information content (AvgIpc) is 3.35. The lowest BCUT2D eigenvalue weighted by molar-refractivity contribution is -0.137. The minimum atomic E-state index is -0.439. The predicted molar refractivity (Wildman–Crippen MR) is 121 cm³/mol. The standard InChI is InChI=1S/C24H28N6O4/c1-14-12-29(13-26-23(32)21-3-2-8-34-21)24(33)20-10-19(28-30(14)20)17-7-4-15(11-25)9-18(17)27-22(31)16-5-6-16/h4,7,9-10,14,16,19,21,28H,2-3,5-6,8,12-13H2,1H3,(H,26,32)(H,27,31). The van der Waals surface area contributed by atoms with Crippen molar-refractivity contribution in [2.24, 2.45) is 5.92 Å². The lowest BCUT2D eigenvalue weighted by Gasteiger charge is -2.40. The highest BCUT2D eigenvalue weighted by Crippen LogP contribution is 2.36. The van der Waals surface area contributed by atoms with Gasteiger partial charge in [-0.1, -0.05) is 6.07 Å². The number of nitrogens with one attached hydrogen (secondary N) is 3. The van der Waals surface area contributed by atoms with Crippen molar-refractivity contribution in [1.29, 1.82) is 5.26 Å². The van der Waals surface area contributed by atoms with E-state index in [-0.39, 0.29) is 42.4 Å². The molecule has 3 aliphatic heterocycles. The van der Waals surface area contributed by atoms with Gasteiger partial charge >= 0.3 is 0 Å². The van der Waals surface area contributed by atoms with E-state index >= 15 is 0 Å². The zero-order chi connectivity index (χ0) is 23.8. The lowest BCUT2D eigenvalue weighted by atomic mass is 10.0. The van der Waals surface area contributed by atoms with Crippen molar-refractivity contribution in [3.05, 3.63) is 41.1 Å². The van der Waals surface area contributed by atoms with Crippen molar-refractivity contribution >= 4 is 23.4 Å². The summed E-state index contributed by atoms with van der Waals surface area (Å²) in [6, 6.07) is 6.93. The number of benzene rings is 1. The van der Waals surface area contributed by atoms with E-state index in [0.717, 1.165) is 24.8 Å². The topological polar surface area (TPSA) is 127 Å². The van der Waals surface area contributed by atoms with E-state index in [0.29, 0.717) is 36.5 Å². The van der Waals surface area contributed by atoms with Gasteiger partial charge in [-0.3, -0.25) is 19.4 Å². The normalized spacial score (nSPS) is 26.1. The van der Waals surface area contributed by atoms with Crippen molar-refractivity contribution in [2.45, 2.75) is 50.8 Å². The molecule has 1 aliphatic carbocycles. The Balaban J connectivity index is 1.33. The molecule has 1 aromatic rings. The van der Waals surface area contributed by atoms with Crippen LogP contribution >= 0.6 is 0 Å². The lowest BCUT2D eigenvalue weighted by Crippen LogP contribution is -2.58. The molecule has 34 heavy (non-hydrogen) atoms. The number of hydrazine groups is 1. The minimum Gasteiger partial charge on any atom is -0.368 e. The van der Waals surface area contributed by atoms with E-state index in [9.17, 15) is 19.6 Å². The molecular weight excluding hydrogens is 436 g/mol.